The summed E-state index contributed by atoms with van der Waals surface area (Å²) >= 11 is 2.98. The SMILES string of the molecule is FC(F)Oc1n[c-]ccc1Br.[Cl-].[Mg+2]. The number of hydrogen-bond acceptors (Lipinski definition) is 2. The van der Waals surface area contributed by atoms with Gasteiger partial charge in [-0.1, -0.05) is 22.1 Å². The summed E-state index contributed by atoms with van der Waals surface area (Å²) in [5.41, 5.74) is 0. The molecule has 0 aromatic carbocycles. The van der Waals surface area contributed by atoms with Crippen molar-refractivity contribution in [2.75, 3.05) is 0 Å². The van der Waals surface area contributed by atoms with Crippen LogP contribution in [0.3, 0.4) is 0 Å². The molecule has 0 fully saturated rings. The number of rotatable bonds is 2. The number of alkyl halides is 2. The van der Waals surface area contributed by atoms with E-state index in [1.807, 2.05) is 0 Å². The van der Waals surface area contributed by atoms with Crippen LogP contribution in [0.2, 0.25) is 0 Å². The van der Waals surface area contributed by atoms with Crippen molar-refractivity contribution in [1.29, 1.82) is 0 Å². The van der Waals surface area contributed by atoms with Gasteiger partial charge in [0.2, 0.25) is 0 Å². The molecule has 0 aliphatic carbocycles. The number of halogens is 4. The largest absolute Gasteiger partial charge is 2.00 e. The first-order valence-electron chi connectivity index (χ1n) is 2.67. The Morgan fingerprint density at radius 2 is 2.15 bits per heavy atom. The maximum absolute atomic E-state index is 11.6. The van der Waals surface area contributed by atoms with Crippen LogP contribution in [0.25, 0.3) is 0 Å². The van der Waals surface area contributed by atoms with Crippen LogP contribution in [0.5, 0.6) is 5.88 Å². The summed E-state index contributed by atoms with van der Waals surface area (Å²) in [7, 11) is 0. The average Bonchev–Trinajstić information content (AvgIpc) is 1.93. The molecule has 0 saturated heterocycles. The third kappa shape index (κ3) is 5.61. The molecule has 68 valence electrons. The number of pyridine rings is 1. The minimum Gasteiger partial charge on any atom is -1.00 e. The monoisotopic (exact) mass is 281 g/mol. The van der Waals surface area contributed by atoms with E-state index in [1.165, 1.54) is 12.1 Å². The predicted octanol–water partition coefficient (Wildman–Crippen LogP) is -1.13. The Labute approximate surface area is 105 Å². The molecular formula is C6H3BrClF2MgNO. The van der Waals surface area contributed by atoms with Crippen LogP contribution in [0.15, 0.2) is 16.6 Å². The zero-order valence-corrected chi connectivity index (χ0v) is 10.1. The van der Waals surface area contributed by atoms with E-state index < -0.39 is 6.61 Å². The van der Waals surface area contributed by atoms with Crippen LogP contribution in [0.1, 0.15) is 0 Å². The second-order valence-corrected chi connectivity index (χ2v) is 2.46. The molecule has 0 N–H and O–H groups in total. The first-order valence-corrected chi connectivity index (χ1v) is 3.47. The van der Waals surface area contributed by atoms with Crippen molar-refractivity contribution in [1.82, 2.24) is 4.98 Å². The van der Waals surface area contributed by atoms with Crippen LogP contribution in [0.4, 0.5) is 8.78 Å². The summed E-state index contributed by atoms with van der Waals surface area (Å²) in [5.74, 6) is -0.150. The Bertz CT molecular complexity index is 254. The van der Waals surface area contributed by atoms with Gasteiger partial charge >= 0.3 is 29.7 Å². The molecule has 1 heterocycles. The van der Waals surface area contributed by atoms with Gasteiger partial charge in [-0.25, -0.2) is 0 Å². The van der Waals surface area contributed by atoms with E-state index in [-0.39, 0.29) is 41.3 Å². The van der Waals surface area contributed by atoms with Gasteiger partial charge in [0.25, 0.3) is 0 Å². The van der Waals surface area contributed by atoms with Crippen molar-refractivity contribution in [3.63, 3.8) is 0 Å². The molecule has 1 aromatic rings. The van der Waals surface area contributed by atoms with Gasteiger partial charge in [-0.3, -0.25) is 0 Å². The molecule has 1 rings (SSSR count). The summed E-state index contributed by atoms with van der Waals surface area (Å²) in [4.78, 5) is 3.44. The molecule has 0 aliphatic heterocycles. The zero-order valence-electron chi connectivity index (χ0n) is 6.31. The Morgan fingerprint density at radius 3 is 2.62 bits per heavy atom. The normalized spacial score (nSPS) is 8.62. The van der Waals surface area contributed by atoms with Crippen molar-refractivity contribution in [2.24, 2.45) is 0 Å². The molecule has 7 heteroatoms. The Hall–Kier alpha value is 0.346. The Morgan fingerprint density at radius 1 is 1.54 bits per heavy atom. The van der Waals surface area contributed by atoms with Gasteiger partial charge in [0, 0.05) is 0 Å². The standard InChI is InChI=1S/C6H3BrF2NO.ClH.Mg/c7-4-2-1-3-10-5(4)11-6(8)9;;/h1-2,6H;1H;/q-1;;+2/p-1. The van der Waals surface area contributed by atoms with Crippen molar-refractivity contribution >= 4 is 39.0 Å². The third-order valence-corrected chi connectivity index (χ3v) is 1.48. The van der Waals surface area contributed by atoms with Crippen molar-refractivity contribution in [2.45, 2.75) is 6.61 Å². The van der Waals surface area contributed by atoms with E-state index in [2.05, 4.69) is 31.8 Å². The van der Waals surface area contributed by atoms with E-state index in [1.54, 1.807) is 0 Å². The predicted molar refractivity (Wildman–Crippen MR) is 43.2 cm³/mol. The Kier molecular flexibility index (Phi) is 9.39. The van der Waals surface area contributed by atoms with E-state index in [9.17, 15) is 8.78 Å². The second-order valence-electron chi connectivity index (χ2n) is 1.61. The van der Waals surface area contributed by atoms with Crippen LogP contribution in [0, 0.1) is 6.20 Å². The van der Waals surface area contributed by atoms with E-state index in [0.717, 1.165) is 0 Å². The van der Waals surface area contributed by atoms with Gasteiger partial charge in [0.15, 0.2) is 0 Å². The van der Waals surface area contributed by atoms with Crippen LogP contribution in [-0.4, -0.2) is 34.6 Å². The topological polar surface area (TPSA) is 22.1 Å². The molecule has 13 heavy (non-hydrogen) atoms. The molecular weight excluding hydrogens is 280 g/mol. The van der Waals surface area contributed by atoms with Crippen molar-refractivity contribution in [3.05, 3.63) is 22.8 Å². The Balaban J connectivity index is 0. The van der Waals surface area contributed by atoms with Gasteiger partial charge < -0.3 is 22.1 Å². The summed E-state index contributed by atoms with van der Waals surface area (Å²) in [5, 5.41) is 0. The van der Waals surface area contributed by atoms with E-state index >= 15 is 0 Å². The molecule has 2 nitrogen and oxygen atoms in total. The van der Waals surface area contributed by atoms with Crippen LogP contribution >= 0.6 is 15.9 Å². The number of ether oxygens (including phenoxy) is 1. The van der Waals surface area contributed by atoms with Gasteiger partial charge in [-0.2, -0.15) is 14.8 Å². The average molecular weight is 283 g/mol. The van der Waals surface area contributed by atoms with Crippen molar-refractivity contribution in [3.8, 4) is 5.88 Å². The maximum Gasteiger partial charge on any atom is 2.00 e. The minimum absolute atomic E-state index is 0. The number of nitrogens with zero attached hydrogens (tertiary/aromatic N) is 1. The van der Waals surface area contributed by atoms with Gasteiger partial charge in [-0.05, 0) is 4.47 Å². The molecule has 0 amide bonds. The molecule has 0 saturated carbocycles. The fraction of sp³-hybridized carbons (Fsp3) is 0.167. The molecule has 1 aromatic heterocycles. The van der Waals surface area contributed by atoms with Gasteiger partial charge in [0.05, 0.1) is 0 Å². The number of aromatic nitrogens is 1. The first kappa shape index (κ1) is 15.8. The quantitative estimate of drug-likeness (QED) is 0.506. The fourth-order valence-corrected chi connectivity index (χ4v) is 0.812. The summed E-state index contributed by atoms with van der Waals surface area (Å²) in [6, 6.07) is 3.01. The maximum atomic E-state index is 11.6. The molecule has 0 unspecified atom stereocenters. The van der Waals surface area contributed by atoms with E-state index in [0.29, 0.717) is 4.47 Å². The minimum atomic E-state index is -2.85. The molecule has 0 radical (unpaired) electrons. The first-order chi connectivity index (χ1) is 5.20. The zero-order chi connectivity index (χ0) is 8.27. The smallest absolute Gasteiger partial charge is 1.00 e. The summed E-state index contributed by atoms with van der Waals surface area (Å²) in [6.07, 6.45) is 2.37. The molecule has 0 atom stereocenters. The molecule has 0 aliphatic rings. The molecule has 0 bridgehead atoms. The van der Waals surface area contributed by atoms with E-state index in [4.69, 9.17) is 0 Å². The third-order valence-electron chi connectivity index (χ3n) is 0.875. The van der Waals surface area contributed by atoms with Crippen LogP contribution in [-0.2, 0) is 0 Å². The summed E-state index contributed by atoms with van der Waals surface area (Å²) < 4.78 is 27.6. The fourth-order valence-electron chi connectivity index (χ4n) is 0.498. The second kappa shape index (κ2) is 7.72. The summed E-state index contributed by atoms with van der Waals surface area (Å²) in [6.45, 7) is -2.85. The molecule has 0 spiro atoms. The number of hydrogen-bond donors (Lipinski definition) is 0. The van der Waals surface area contributed by atoms with Gasteiger partial charge in [0.1, 0.15) is 5.88 Å². The van der Waals surface area contributed by atoms with Crippen LogP contribution < -0.4 is 17.1 Å². The van der Waals surface area contributed by atoms with Gasteiger partial charge in [-0.15, -0.1) is 6.07 Å². The van der Waals surface area contributed by atoms with Crippen molar-refractivity contribution < 1.29 is 25.9 Å².